The first-order valence-electron chi connectivity index (χ1n) is 8.51. The predicted molar refractivity (Wildman–Crippen MR) is 116 cm³/mol. The Hall–Kier alpha value is -2.79. The van der Waals surface area contributed by atoms with E-state index in [4.69, 9.17) is 39.9 Å². The number of carbonyl (C=O) groups is 2. The topological polar surface area (TPSA) is 57.6 Å². The van der Waals surface area contributed by atoms with Gasteiger partial charge in [-0.2, -0.15) is 0 Å². The number of fused-ring (bicyclic) bond motifs is 1. The van der Waals surface area contributed by atoms with Gasteiger partial charge in [-0.1, -0.05) is 46.9 Å². The number of carboxylic acid groups (broad SMARTS) is 1. The van der Waals surface area contributed by atoms with Crippen molar-refractivity contribution >= 4 is 69.7 Å². The molecule has 1 aliphatic rings. The summed E-state index contributed by atoms with van der Waals surface area (Å²) >= 11 is 19.0. The number of hydrogen-bond donors (Lipinski definition) is 1. The fraction of sp³-hybridized carbons (Fsp3) is 0. The van der Waals surface area contributed by atoms with Gasteiger partial charge in [-0.05, 0) is 54.6 Å². The number of halogens is 3. The molecular weight excluding hydrogens is 433 g/mol. The number of nitrogens with zero attached hydrogens (tertiary/aromatic N) is 1. The number of carboxylic acids is 1. The Morgan fingerprint density at radius 2 is 1.45 bits per heavy atom. The minimum Gasteiger partial charge on any atom is -0.478 e. The normalized spacial score (nSPS) is 14.4. The van der Waals surface area contributed by atoms with Gasteiger partial charge in [-0.3, -0.25) is 9.69 Å². The molecule has 0 atom stereocenters. The molecule has 0 saturated carbocycles. The van der Waals surface area contributed by atoms with Gasteiger partial charge in [0.05, 0.1) is 21.8 Å². The highest BCUT2D eigenvalue weighted by Crippen LogP contribution is 2.46. The molecule has 29 heavy (non-hydrogen) atoms. The van der Waals surface area contributed by atoms with Gasteiger partial charge in [-0.25, -0.2) is 4.79 Å². The zero-order chi connectivity index (χ0) is 20.7. The number of aromatic carboxylic acids is 1. The lowest BCUT2D eigenvalue weighted by Gasteiger charge is -2.17. The molecule has 0 bridgehead atoms. The van der Waals surface area contributed by atoms with Gasteiger partial charge in [0.25, 0.3) is 5.91 Å². The average molecular weight is 445 g/mol. The summed E-state index contributed by atoms with van der Waals surface area (Å²) in [5, 5.41) is 10.4. The Balaban J connectivity index is 1.89. The van der Waals surface area contributed by atoms with Crippen molar-refractivity contribution < 1.29 is 14.7 Å². The van der Waals surface area contributed by atoms with E-state index in [1.165, 1.54) is 17.0 Å². The number of anilines is 2. The third-order valence-corrected chi connectivity index (χ3v) is 5.57. The summed E-state index contributed by atoms with van der Waals surface area (Å²) in [4.78, 5) is 26.0. The van der Waals surface area contributed by atoms with Crippen LogP contribution >= 0.6 is 34.8 Å². The maximum atomic E-state index is 13.4. The van der Waals surface area contributed by atoms with Crippen molar-refractivity contribution in [3.8, 4) is 0 Å². The lowest BCUT2D eigenvalue weighted by molar-refractivity contribution is -0.112. The van der Waals surface area contributed by atoms with Crippen molar-refractivity contribution in [1.82, 2.24) is 0 Å². The van der Waals surface area contributed by atoms with Crippen LogP contribution in [0.15, 0.2) is 60.7 Å². The predicted octanol–water partition coefficient (Wildman–Crippen LogP) is 6.56. The van der Waals surface area contributed by atoms with Crippen LogP contribution in [-0.4, -0.2) is 17.0 Å². The lowest BCUT2D eigenvalue weighted by Crippen LogP contribution is -2.20. The first-order chi connectivity index (χ1) is 13.9. The Labute approximate surface area is 181 Å². The van der Waals surface area contributed by atoms with Crippen molar-refractivity contribution in [1.29, 1.82) is 0 Å². The molecule has 1 N–H and O–H groups in total. The first kappa shape index (κ1) is 19.5. The molecule has 0 unspecified atom stereocenters. The zero-order valence-corrected chi connectivity index (χ0v) is 17.0. The fourth-order valence-electron chi connectivity index (χ4n) is 3.24. The summed E-state index contributed by atoms with van der Waals surface area (Å²) < 4.78 is 0. The summed E-state index contributed by atoms with van der Waals surface area (Å²) in [6.07, 6.45) is 1.63. The molecule has 0 aromatic heterocycles. The maximum absolute atomic E-state index is 13.4. The van der Waals surface area contributed by atoms with Crippen LogP contribution in [0.25, 0.3) is 11.6 Å². The van der Waals surface area contributed by atoms with E-state index in [1.54, 1.807) is 54.6 Å². The number of benzene rings is 3. The largest absolute Gasteiger partial charge is 0.478 e. The Kier molecular flexibility index (Phi) is 5.09. The molecule has 0 saturated heterocycles. The van der Waals surface area contributed by atoms with Crippen LogP contribution < -0.4 is 4.90 Å². The second-order valence-electron chi connectivity index (χ2n) is 6.32. The van der Waals surface area contributed by atoms with Gasteiger partial charge in [-0.15, -0.1) is 0 Å². The summed E-state index contributed by atoms with van der Waals surface area (Å²) in [6.45, 7) is 0. The summed E-state index contributed by atoms with van der Waals surface area (Å²) in [7, 11) is 0. The first-order valence-corrected chi connectivity index (χ1v) is 9.64. The Morgan fingerprint density at radius 3 is 2.07 bits per heavy atom. The third-order valence-electron chi connectivity index (χ3n) is 4.60. The van der Waals surface area contributed by atoms with E-state index in [9.17, 15) is 9.59 Å². The molecule has 0 fully saturated rings. The molecule has 0 spiro atoms. The molecule has 1 aliphatic heterocycles. The molecule has 0 radical (unpaired) electrons. The van der Waals surface area contributed by atoms with Gasteiger partial charge in [0, 0.05) is 26.9 Å². The third kappa shape index (κ3) is 3.40. The van der Waals surface area contributed by atoms with E-state index in [1.807, 2.05) is 0 Å². The van der Waals surface area contributed by atoms with Crippen LogP contribution in [0.1, 0.15) is 21.5 Å². The van der Waals surface area contributed by atoms with Gasteiger partial charge in [0.1, 0.15) is 0 Å². The van der Waals surface area contributed by atoms with Crippen molar-refractivity contribution in [2.45, 2.75) is 0 Å². The smallest absolute Gasteiger partial charge is 0.335 e. The summed E-state index contributed by atoms with van der Waals surface area (Å²) in [5.41, 5.74) is 2.69. The van der Waals surface area contributed by atoms with Gasteiger partial charge < -0.3 is 5.11 Å². The van der Waals surface area contributed by atoms with Crippen LogP contribution in [0.4, 0.5) is 11.4 Å². The van der Waals surface area contributed by atoms with Gasteiger partial charge in [0.15, 0.2) is 0 Å². The maximum Gasteiger partial charge on any atom is 0.335 e. The standard InChI is InChI=1S/C22H12Cl3NO3/c23-16-3-1-4-17(24)14(16)11-15-20-18(25)5-2-6-19(20)26(21(15)27)13-9-7-12(8-10-13)22(28)29/h1-11H,(H,28,29)/b15-11-. The van der Waals surface area contributed by atoms with E-state index in [-0.39, 0.29) is 11.5 Å². The van der Waals surface area contributed by atoms with Crippen molar-refractivity contribution in [3.63, 3.8) is 0 Å². The van der Waals surface area contributed by atoms with Crippen LogP contribution in [0.3, 0.4) is 0 Å². The van der Waals surface area contributed by atoms with Crippen molar-refractivity contribution in [2.75, 3.05) is 4.90 Å². The summed E-state index contributed by atoms with van der Waals surface area (Å²) in [6, 6.07) is 16.4. The molecular formula is C22H12Cl3NO3. The van der Waals surface area contributed by atoms with E-state index in [0.29, 0.717) is 43.1 Å². The molecule has 3 aromatic rings. The SMILES string of the molecule is O=C(O)c1ccc(N2C(=O)/C(=C\c3c(Cl)cccc3Cl)c3c(Cl)cccc32)cc1. The minimum absolute atomic E-state index is 0.130. The van der Waals surface area contributed by atoms with E-state index in [0.717, 1.165) is 0 Å². The molecule has 144 valence electrons. The van der Waals surface area contributed by atoms with Crippen LogP contribution in [0.2, 0.25) is 15.1 Å². The Morgan fingerprint density at radius 1 is 0.862 bits per heavy atom. The number of amides is 1. The van der Waals surface area contributed by atoms with Crippen LogP contribution in [0.5, 0.6) is 0 Å². The minimum atomic E-state index is -1.04. The van der Waals surface area contributed by atoms with Gasteiger partial charge >= 0.3 is 5.97 Å². The van der Waals surface area contributed by atoms with Gasteiger partial charge in [0.2, 0.25) is 0 Å². The average Bonchev–Trinajstić information content (AvgIpc) is 2.97. The number of carbonyl (C=O) groups excluding carboxylic acids is 1. The molecule has 7 heteroatoms. The van der Waals surface area contributed by atoms with E-state index in [2.05, 4.69) is 0 Å². The van der Waals surface area contributed by atoms with Crippen LogP contribution in [-0.2, 0) is 4.79 Å². The highest BCUT2D eigenvalue weighted by atomic mass is 35.5. The molecule has 4 nitrogen and oxygen atoms in total. The lowest BCUT2D eigenvalue weighted by atomic mass is 10.0. The second-order valence-corrected chi connectivity index (χ2v) is 7.54. The molecule has 3 aromatic carbocycles. The monoisotopic (exact) mass is 443 g/mol. The molecule has 4 rings (SSSR count). The quantitative estimate of drug-likeness (QED) is 0.465. The van der Waals surface area contributed by atoms with E-state index >= 15 is 0 Å². The fourth-order valence-corrected chi connectivity index (χ4v) is 4.02. The summed E-state index contributed by atoms with van der Waals surface area (Å²) in [5.74, 6) is -1.35. The second kappa shape index (κ2) is 7.56. The highest BCUT2D eigenvalue weighted by Gasteiger charge is 2.35. The number of hydrogen-bond acceptors (Lipinski definition) is 2. The molecule has 1 heterocycles. The molecule has 0 aliphatic carbocycles. The van der Waals surface area contributed by atoms with E-state index < -0.39 is 5.97 Å². The van der Waals surface area contributed by atoms with Crippen molar-refractivity contribution in [2.24, 2.45) is 0 Å². The zero-order valence-electron chi connectivity index (χ0n) is 14.7. The highest BCUT2D eigenvalue weighted by molar-refractivity contribution is 6.45. The number of rotatable bonds is 3. The van der Waals surface area contributed by atoms with Crippen LogP contribution in [0, 0.1) is 0 Å². The van der Waals surface area contributed by atoms with Crippen molar-refractivity contribution in [3.05, 3.63) is 92.4 Å². The Bertz CT molecular complexity index is 1170. The molecule has 1 amide bonds.